The number of thiol groups is 1. The molecule has 0 bridgehead atoms. The van der Waals surface area contributed by atoms with Gasteiger partial charge in [0.25, 0.3) is 0 Å². The lowest BCUT2D eigenvalue weighted by molar-refractivity contribution is -0.124. The molecule has 32 heavy (non-hydrogen) atoms. The molecule has 0 unspecified atom stereocenters. The summed E-state index contributed by atoms with van der Waals surface area (Å²) in [6, 6.07) is 17.2. The van der Waals surface area contributed by atoms with E-state index in [1.165, 1.54) is 4.31 Å². The second-order valence-corrected chi connectivity index (χ2v) is 10.5. The summed E-state index contributed by atoms with van der Waals surface area (Å²) in [6.45, 7) is 0.617. The van der Waals surface area contributed by atoms with E-state index in [4.69, 9.17) is 9.47 Å². The number of sulfonamides is 1. The van der Waals surface area contributed by atoms with Crippen molar-refractivity contribution < 1.29 is 22.7 Å². The van der Waals surface area contributed by atoms with Gasteiger partial charge in [0.05, 0.1) is 4.90 Å². The Kier molecular flexibility index (Phi) is 5.48. The fourth-order valence-electron chi connectivity index (χ4n) is 4.11. The highest BCUT2D eigenvalue weighted by Crippen LogP contribution is 2.33. The Morgan fingerprint density at radius 3 is 2.66 bits per heavy atom. The van der Waals surface area contributed by atoms with Crippen molar-refractivity contribution in [2.45, 2.75) is 29.2 Å². The molecule has 2 atom stereocenters. The van der Waals surface area contributed by atoms with E-state index in [1.807, 2.05) is 36.4 Å². The lowest BCUT2D eigenvalue weighted by Gasteiger charge is -2.23. The molecule has 0 radical (unpaired) electrons. The Labute approximate surface area is 191 Å². The molecule has 166 valence electrons. The van der Waals surface area contributed by atoms with Gasteiger partial charge in [-0.15, -0.1) is 0 Å². The smallest absolute Gasteiger partial charge is 0.243 e. The van der Waals surface area contributed by atoms with Gasteiger partial charge in [0.2, 0.25) is 22.7 Å². The molecule has 0 saturated carbocycles. The van der Waals surface area contributed by atoms with E-state index in [0.29, 0.717) is 17.9 Å². The molecule has 2 aliphatic rings. The number of hydrogen-bond donors (Lipinski definition) is 2. The average molecular weight is 471 g/mol. The first kappa shape index (κ1) is 21.1. The van der Waals surface area contributed by atoms with Gasteiger partial charge in [0.15, 0.2) is 11.5 Å². The third-order valence-corrected chi connectivity index (χ3v) is 8.01. The van der Waals surface area contributed by atoms with Gasteiger partial charge in [-0.2, -0.15) is 16.9 Å². The van der Waals surface area contributed by atoms with Crippen molar-refractivity contribution in [3.05, 3.63) is 66.2 Å². The van der Waals surface area contributed by atoms with Crippen LogP contribution in [0.2, 0.25) is 0 Å². The van der Waals surface area contributed by atoms with Crippen LogP contribution in [0.25, 0.3) is 10.8 Å². The van der Waals surface area contributed by atoms with Gasteiger partial charge in [0.1, 0.15) is 6.04 Å². The van der Waals surface area contributed by atoms with Crippen molar-refractivity contribution in [3.8, 4) is 11.5 Å². The molecule has 2 aliphatic heterocycles. The van der Waals surface area contributed by atoms with Crippen LogP contribution in [0.4, 0.5) is 0 Å². The third kappa shape index (κ3) is 3.92. The SMILES string of the molecule is O=C(NCc1ccc2c(c1)OCO2)[C@@H]1C[C@H](S)CN1S(=O)(=O)c1ccc2ccccc2c1. The summed E-state index contributed by atoms with van der Waals surface area (Å²) in [5, 5.41) is 4.43. The maximum absolute atomic E-state index is 13.4. The number of benzene rings is 3. The predicted octanol–water partition coefficient (Wildman–Crippen LogP) is 2.95. The van der Waals surface area contributed by atoms with Crippen molar-refractivity contribution in [1.82, 2.24) is 9.62 Å². The summed E-state index contributed by atoms with van der Waals surface area (Å²) in [4.78, 5) is 13.2. The minimum atomic E-state index is -3.86. The molecule has 5 rings (SSSR count). The first-order valence-corrected chi connectivity index (χ1v) is 12.2. The fourth-order valence-corrected chi connectivity index (χ4v) is 6.28. The minimum Gasteiger partial charge on any atom is -0.454 e. The van der Waals surface area contributed by atoms with Gasteiger partial charge >= 0.3 is 0 Å². The van der Waals surface area contributed by atoms with E-state index in [0.717, 1.165) is 16.3 Å². The van der Waals surface area contributed by atoms with Crippen LogP contribution >= 0.6 is 12.6 Å². The van der Waals surface area contributed by atoms with Crippen LogP contribution in [0.5, 0.6) is 11.5 Å². The van der Waals surface area contributed by atoms with Crippen LogP contribution < -0.4 is 14.8 Å². The van der Waals surface area contributed by atoms with E-state index in [1.54, 1.807) is 24.3 Å². The number of carbonyl (C=O) groups excluding carboxylic acids is 1. The van der Waals surface area contributed by atoms with Crippen molar-refractivity contribution in [1.29, 1.82) is 0 Å². The Morgan fingerprint density at radius 1 is 1.03 bits per heavy atom. The van der Waals surface area contributed by atoms with Crippen molar-refractivity contribution in [2.75, 3.05) is 13.3 Å². The number of amides is 1. The molecule has 0 aliphatic carbocycles. The van der Waals surface area contributed by atoms with E-state index < -0.39 is 16.1 Å². The Bertz CT molecular complexity index is 1290. The molecule has 1 amide bonds. The van der Waals surface area contributed by atoms with Gasteiger partial charge in [-0.05, 0) is 47.0 Å². The van der Waals surface area contributed by atoms with Gasteiger partial charge in [-0.1, -0.05) is 36.4 Å². The molecule has 1 saturated heterocycles. The molecule has 7 nitrogen and oxygen atoms in total. The van der Waals surface area contributed by atoms with Gasteiger partial charge in [0, 0.05) is 18.3 Å². The summed E-state index contributed by atoms with van der Waals surface area (Å²) < 4.78 is 38.8. The third-order valence-electron chi connectivity index (χ3n) is 5.77. The molecule has 1 fully saturated rings. The highest BCUT2D eigenvalue weighted by atomic mass is 32.2. The van der Waals surface area contributed by atoms with E-state index >= 15 is 0 Å². The highest BCUT2D eigenvalue weighted by molar-refractivity contribution is 7.89. The van der Waals surface area contributed by atoms with Gasteiger partial charge in [-0.3, -0.25) is 4.79 Å². The summed E-state index contributed by atoms with van der Waals surface area (Å²) in [5.74, 6) is 0.957. The Balaban J connectivity index is 1.35. The summed E-state index contributed by atoms with van der Waals surface area (Å²) in [6.07, 6.45) is 0.350. The van der Waals surface area contributed by atoms with Crippen LogP contribution in [-0.2, 0) is 21.4 Å². The van der Waals surface area contributed by atoms with Crippen LogP contribution in [0.3, 0.4) is 0 Å². The van der Waals surface area contributed by atoms with Crippen LogP contribution in [0.15, 0.2) is 65.6 Å². The standard InChI is InChI=1S/C23H22N2O5S2/c26-23(24-12-15-5-8-21-22(9-15)30-14-29-21)20-11-18(31)13-25(20)32(27,28)19-7-6-16-3-1-2-4-17(16)10-19/h1-10,18,20,31H,11-14H2,(H,24,26)/t18-,20-/m0/s1. The number of fused-ring (bicyclic) bond motifs is 2. The van der Waals surface area contributed by atoms with Crippen LogP contribution in [-0.4, -0.2) is 43.3 Å². The van der Waals surface area contributed by atoms with Gasteiger partial charge < -0.3 is 14.8 Å². The molecule has 9 heteroatoms. The number of ether oxygens (including phenoxy) is 2. The summed E-state index contributed by atoms with van der Waals surface area (Å²) in [7, 11) is -3.86. The van der Waals surface area contributed by atoms with Crippen molar-refractivity contribution in [3.63, 3.8) is 0 Å². The molecule has 1 N–H and O–H groups in total. The predicted molar refractivity (Wildman–Crippen MR) is 123 cm³/mol. The highest BCUT2D eigenvalue weighted by Gasteiger charge is 2.42. The van der Waals surface area contributed by atoms with E-state index in [-0.39, 0.29) is 35.9 Å². The molecule has 3 aromatic rings. The number of rotatable bonds is 5. The molecular formula is C23H22N2O5S2. The van der Waals surface area contributed by atoms with E-state index in [9.17, 15) is 13.2 Å². The lowest BCUT2D eigenvalue weighted by atomic mass is 10.1. The zero-order chi connectivity index (χ0) is 22.3. The zero-order valence-corrected chi connectivity index (χ0v) is 18.8. The second-order valence-electron chi connectivity index (χ2n) is 7.89. The Morgan fingerprint density at radius 2 is 1.81 bits per heavy atom. The number of hydrogen-bond acceptors (Lipinski definition) is 6. The number of nitrogens with zero attached hydrogens (tertiary/aromatic N) is 1. The first-order chi connectivity index (χ1) is 15.4. The quantitative estimate of drug-likeness (QED) is 0.560. The van der Waals surface area contributed by atoms with Crippen LogP contribution in [0.1, 0.15) is 12.0 Å². The molecule has 3 aromatic carbocycles. The fraction of sp³-hybridized carbons (Fsp3) is 0.261. The number of carbonyl (C=O) groups is 1. The van der Waals surface area contributed by atoms with Crippen LogP contribution in [0, 0.1) is 0 Å². The Hall–Kier alpha value is -2.75. The normalized spacial score (nSPS) is 20.5. The molecular weight excluding hydrogens is 448 g/mol. The minimum absolute atomic E-state index is 0.173. The largest absolute Gasteiger partial charge is 0.454 e. The average Bonchev–Trinajstić information content (AvgIpc) is 3.43. The van der Waals surface area contributed by atoms with Crippen molar-refractivity contribution in [2.24, 2.45) is 0 Å². The molecule has 0 aromatic heterocycles. The number of nitrogens with one attached hydrogen (secondary N) is 1. The maximum Gasteiger partial charge on any atom is 0.243 e. The van der Waals surface area contributed by atoms with Crippen molar-refractivity contribution >= 4 is 39.3 Å². The van der Waals surface area contributed by atoms with E-state index in [2.05, 4.69) is 17.9 Å². The molecule has 2 heterocycles. The lowest BCUT2D eigenvalue weighted by Crippen LogP contribution is -2.45. The van der Waals surface area contributed by atoms with Gasteiger partial charge in [-0.25, -0.2) is 8.42 Å². The zero-order valence-electron chi connectivity index (χ0n) is 17.1. The topological polar surface area (TPSA) is 84.9 Å². The second kappa shape index (κ2) is 8.31. The first-order valence-electron chi connectivity index (χ1n) is 10.3. The molecule has 0 spiro atoms. The summed E-state index contributed by atoms with van der Waals surface area (Å²) >= 11 is 4.47. The maximum atomic E-state index is 13.4. The monoisotopic (exact) mass is 470 g/mol. The summed E-state index contributed by atoms with van der Waals surface area (Å²) in [5.41, 5.74) is 0.840.